The third-order valence-electron chi connectivity index (χ3n) is 1.08. The lowest BCUT2D eigenvalue weighted by atomic mass is 10.5. The molecule has 1 heterocycles. The molecule has 0 spiro atoms. The fraction of sp³-hybridized carbons (Fsp3) is 0.167. The quantitative estimate of drug-likeness (QED) is 0.762. The SMILES string of the molecule is C[S@](=O)c1ccc(C(=O)O)s1. The molecule has 0 saturated heterocycles. The largest absolute Gasteiger partial charge is 0.477 e. The molecule has 3 nitrogen and oxygen atoms in total. The van der Waals surface area contributed by atoms with E-state index in [4.69, 9.17) is 5.11 Å². The molecule has 0 aliphatic heterocycles. The summed E-state index contributed by atoms with van der Waals surface area (Å²) in [7, 11) is -1.07. The van der Waals surface area contributed by atoms with E-state index in [-0.39, 0.29) is 4.88 Å². The van der Waals surface area contributed by atoms with Crippen LogP contribution in [0.4, 0.5) is 0 Å². The molecule has 0 bridgehead atoms. The van der Waals surface area contributed by atoms with E-state index < -0.39 is 16.8 Å². The number of carbonyl (C=O) groups is 1. The van der Waals surface area contributed by atoms with Crippen LogP contribution >= 0.6 is 11.3 Å². The predicted molar refractivity (Wildman–Crippen MR) is 43.6 cm³/mol. The minimum atomic E-state index is -1.07. The van der Waals surface area contributed by atoms with Crippen LogP contribution < -0.4 is 0 Å². The Labute approximate surface area is 70.1 Å². The van der Waals surface area contributed by atoms with Gasteiger partial charge >= 0.3 is 5.97 Å². The first-order valence-electron chi connectivity index (χ1n) is 2.78. The normalized spacial score (nSPS) is 12.8. The zero-order valence-electron chi connectivity index (χ0n) is 5.73. The Bertz CT molecular complexity index is 274. The van der Waals surface area contributed by atoms with Crippen molar-refractivity contribution in [2.75, 3.05) is 6.26 Å². The van der Waals surface area contributed by atoms with Crippen molar-refractivity contribution in [3.05, 3.63) is 17.0 Å². The minimum Gasteiger partial charge on any atom is -0.477 e. The van der Waals surface area contributed by atoms with Crippen LogP contribution in [0, 0.1) is 0 Å². The molecule has 5 heteroatoms. The van der Waals surface area contributed by atoms with Gasteiger partial charge in [-0.15, -0.1) is 11.3 Å². The summed E-state index contributed by atoms with van der Waals surface area (Å²) in [5.74, 6) is -0.966. The first kappa shape index (κ1) is 8.42. The zero-order valence-corrected chi connectivity index (χ0v) is 7.37. The van der Waals surface area contributed by atoms with Crippen LogP contribution in [0.25, 0.3) is 0 Å². The fourth-order valence-electron chi connectivity index (χ4n) is 0.590. The Morgan fingerprint density at radius 1 is 1.64 bits per heavy atom. The van der Waals surface area contributed by atoms with Crippen molar-refractivity contribution in [3.8, 4) is 0 Å². The Morgan fingerprint density at radius 2 is 2.27 bits per heavy atom. The van der Waals surface area contributed by atoms with Gasteiger partial charge in [0, 0.05) is 6.26 Å². The average molecular weight is 190 g/mol. The molecule has 1 aromatic heterocycles. The Balaban J connectivity index is 2.99. The summed E-state index contributed by atoms with van der Waals surface area (Å²) in [4.78, 5) is 10.6. The van der Waals surface area contributed by atoms with E-state index in [1.165, 1.54) is 12.3 Å². The van der Waals surface area contributed by atoms with E-state index in [0.29, 0.717) is 4.21 Å². The molecule has 0 fully saturated rings. The van der Waals surface area contributed by atoms with Gasteiger partial charge in [0.2, 0.25) is 0 Å². The van der Waals surface area contributed by atoms with Gasteiger partial charge < -0.3 is 5.11 Å². The first-order valence-corrected chi connectivity index (χ1v) is 5.15. The van der Waals surface area contributed by atoms with Crippen LogP contribution in [-0.2, 0) is 10.8 Å². The standard InChI is InChI=1S/C6H6O3S2/c1-11(9)5-3-2-4(10-5)6(7)8/h2-3H,1H3,(H,7,8)/t11-/m0/s1. The monoisotopic (exact) mass is 190 g/mol. The summed E-state index contributed by atoms with van der Waals surface area (Å²) < 4.78 is 11.4. The summed E-state index contributed by atoms with van der Waals surface area (Å²) in [6, 6.07) is 3.04. The molecular formula is C6H6O3S2. The number of carboxylic acids is 1. The second-order valence-corrected chi connectivity index (χ2v) is 4.57. The molecule has 1 N–H and O–H groups in total. The van der Waals surface area contributed by atoms with Crippen LogP contribution in [0.3, 0.4) is 0 Å². The van der Waals surface area contributed by atoms with Gasteiger partial charge in [-0.25, -0.2) is 4.79 Å². The maximum absolute atomic E-state index is 10.8. The van der Waals surface area contributed by atoms with Crippen LogP contribution in [0.15, 0.2) is 16.3 Å². The van der Waals surface area contributed by atoms with Crippen molar-refractivity contribution in [2.24, 2.45) is 0 Å². The van der Waals surface area contributed by atoms with Gasteiger partial charge in [0.1, 0.15) is 4.88 Å². The molecular weight excluding hydrogens is 184 g/mol. The number of hydrogen-bond donors (Lipinski definition) is 1. The van der Waals surface area contributed by atoms with Crippen molar-refractivity contribution in [1.29, 1.82) is 0 Å². The predicted octanol–water partition coefficient (Wildman–Crippen LogP) is 1.18. The summed E-state index contributed by atoms with van der Waals surface area (Å²) in [6.45, 7) is 0. The highest BCUT2D eigenvalue weighted by Gasteiger charge is 2.07. The van der Waals surface area contributed by atoms with Gasteiger partial charge in [-0.05, 0) is 12.1 Å². The average Bonchev–Trinajstić information content (AvgIpc) is 2.33. The molecule has 0 amide bonds. The molecule has 0 saturated carbocycles. The van der Waals surface area contributed by atoms with E-state index in [0.717, 1.165) is 11.3 Å². The molecule has 1 atom stereocenters. The van der Waals surface area contributed by atoms with Crippen LogP contribution in [0.2, 0.25) is 0 Å². The maximum Gasteiger partial charge on any atom is 0.345 e. The maximum atomic E-state index is 10.8. The number of thiophene rings is 1. The van der Waals surface area contributed by atoms with Crippen LogP contribution in [0.1, 0.15) is 9.67 Å². The zero-order chi connectivity index (χ0) is 8.43. The third kappa shape index (κ3) is 1.87. The van der Waals surface area contributed by atoms with Crippen molar-refractivity contribution in [3.63, 3.8) is 0 Å². The van der Waals surface area contributed by atoms with Crippen molar-refractivity contribution >= 4 is 28.1 Å². The number of carboxylic acid groups (broad SMARTS) is 1. The van der Waals surface area contributed by atoms with Gasteiger partial charge in [0.25, 0.3) is 0 Å². The molecule has 60 valence electrons. The molecule has 0 aliphatic carbocycles. The van der Waals surface area contributed by atoms with E-state index in [9.17, 15) is 9.00 Å². The fourth-order valence-corrected chi connectivity index (χ4v) is 2.16. The van der Waals surface area contributed by atoms with Crippen LogP contribution in [-0.4, -0.2) is 21.5 Å². The summed E-state index contributed by atoms with van der Waals surface area (Å²) in [5, 5.41) is 8.49. The lowest BCUT2D eigenvalue weighted by Crippen LogP contribution is -1.89. The molecule has 1 rings (SSSR count). The second kappa shape index (κ2) is 3.15. The Morgan fingerprint density at radius 3 is 2.55 bits per heavy atom. The van der Waals surface area contributed by atoms with Crippen LogP contribution in [0.5, 0.6) is 0 Å². The molecule has 1 aromatic rings. The third-order valence-corrected chi connectivity index (χ3v) is 3.60. The van der Waals surface area contributed by atoms with Gasteiger partial charge in [-0.3, -0.25) is 4.21 Å². The summed E-state index contributed by atoms with van der Waals surface area (Å²) in [6.07, 6.45) is 1.53. The highest BCUT2D eigenvalue weighted by molar-refractivity contribution is 7.86. The topological polar surface area (TPSA) is 54.4 Å². The summed E-state index contributed by atoms with van der Waals surface area (Å²) >= 11 is 1.05. The van der Waals surface area contributed by atoms with E-state index in [1.54, 1.807) is 6.07 Å². The lowest BCUT2D eigenvalue weighted by molar-refractivity contribution is 0.0702. The highest BCUT2D eigenvalue weighted by atomic mass is 32.2. The van der Waals surface area contributed by atoms with E-state index >= 15 is 0 Å². The highest BCUT2D eigenvalue weighted by Crippen LogP contribution is 2.18. The van der Waals surface area contributed by atoms with Gasteiger partial charge in [-0.2, -0.15) is 0 Å². The smallest absolute Gasteiger partial charge is 0.345 e. The molecule has 0 radical (unpaired) electrons. The van der Waals surface area contributed by atoms with E-state index in [2.05, 4.69) is 0 Å². The molecule has 0 aromatic carbocycles. The number of rotatable bonds is 2. The summed E-state index contributed by atoms with van der Waals surface area (Å²) in [5.41, 5.74) is 0. The lowest BCUT2D eigenvalue weighted by Gasteiger charge is -1.84. The number of hydrogen-bond acceptors (Lipinski definition) is 3. The van der Waals surface area contributed by atoms with Gasteiger partial charge in [0.05, 0.1) is 15.0 Å². The second-order valence-electron chi connectivity index (χ2n) is 1.88. The van der Waals surface area contributed by atoms with E-state index in [1.807, 2.05) is 0 Å². The minimum absolute atomic E-state index is 0.232. The van der Waals surface area contributed by atoms with Crippen molar-refractivity contribution in [1.82, 2.24) is 0 Å². The molecule has 11 heavy (non-hydrogen) atoms. The van der Waals surface area contributed by atoms with Gasteiger partial charge in [0.15, 0.2) is 0 Å². The first-order chi connectivity index (χ1) is 5.11. The Hall–Kier alpha value is -0.680. The molecule has 0 aliphatic rings. The van der Waals surface area contributed by atoms with Gasteiger partial charge in [-0.1, -0.05) is 0 Å². The van der Waals surface area contributed by atoms with Crippen molar-refractivity contribution in [2.45, 2.75) is 4.21 Å². The number of aromatic carboxylic acids is 1. The molecule has 0 unspecified atom stereocenters. The van der Waals surface area contributed by atoms with Crippen molar-refractivity contribution < 1.29 is 14.1 Å². The Kier molecular flexibility index (Phi) is 2.41.